The van der Waals surface area contributed by atoms with E-state index in [0.717, 1.165) is 37.4 Å². The van der Waals surface area contributed by atoms with Crippen molar-refractivity contribution in [3.05, 3.63) is 56.3 Å². The van der Waals surface area contributed by atoms with Crippen molar-refractivity contribution in [2.24, 2.45) is 0 Å². The molecule has 4 aromatic rings. The van der Waals surface area contributed by atoms with Gasteiger partial charge < -0.3 is 10.6 Å². The monoisotopic (exact) mass is 504 g/mol. The molecule has 0 bridgehead atoms. The molecule has 184 valence electrons. The molecule has 1 saturated carbocycles. The standard InChI is InChI=1S/C25H24N6O4S/c1-12-20(24(35)29(2)13-6-4-3-5-7-13)36-25-27-16-9-8-14(10-17(16)30(12)25)31-18(32)11-15-19(21(31)26)23(34)28-22(15)33/h8-11,13H,3-7,26H2,1-2H3,(H,28,33,34). The van der Waals surface area contributed by atoms with Crippen LogP contribution < -0.4 is 16.6 Å². The molecule has 1 aromatic carbocycles. The Kier molecular flexibility index (Phi) is 5.01. The van der Waals surface area contributed by atoms with Gasteiger partial charge in [0.1, 0.15) is 10.7 Å². The summed E-state index contributed by atoms with van der Waals surface area (Å²) in [6.45, 7) is 1.89. The van der Waals surface area contributed by atoms with Crippen molar-refractivity contribution in [2.45, 2.75) is 45.1 Å². The number of amides is 3. The van der Waals surface area contributed by atoms with E-state index in [2.05, 4.69) is 5.32 Å². The van der Waals surface area contributed by atoms with Crippen LogP contribution in [0.25, 0.3) is 21.7 Å². The summed E-state index contributed by atoms with van der Waals surface area (Å²) >= 11 is 1.35. The van der Waals surface area contributed by atoms with Crippen LogP contribution in [0.4, 0.5) is 5.82 Å². The first-order valence-electron chi connectivity index (χ1n) is 11.9. The maximum Gasteiger partial charge on any atom is 0.265 e. The summed E-state index contributed by atoms with van der Waals surface area (Å²) in [5.74, 6) is -1.38. The van der Waals surface area contributed by atoms with Gasteiger partial charge in [-0.05, 0) is 38.0 Å². The van der Waals surface area contributed by atoms with Gasteiger partial charge in [-0.15, -0.1) is 0 Å². The van der Waals surface area contributed by atoms with Gasteiger partial charge in [0.2, 0.25) is 0 Å². The van der Waals surface area contributed by atoms with Gasteiger partial charge in [-0.2, -0.15) is 0 Å². The topological polar surface area (TPSA) is 132 Å². The predicted octanol–water partition coefficient (Wildman–Crippen LogP) is 2.88. The first kappa shape index (κ1) is 22.5. The van der Waals surface area contributed by atoms with Gasteiger partial charge in [-0.3, -0.25) is 33.5 Å². The lowest BCUT2D eigenvalue weighted by molar-refractivity contribution is 0.0699. The zero-order valence-electron chi connectivity index (χ0n) is 19.8. The minimum Gasteiger partial charge on any atom is -0.384 e. The van der Waals surface area contributed by atoms with Crippen LogP contribution >= 0.6 is 11.3 Å². The number of nitrogens with zero attached hydrogens (tertiary/aromatic N) is 4. The summed E-state index contributed by atoms with van der Waals surface area (Å²) < 4.78 is 3.12. The highest BCUT2D eigenvalue weighted by Gasteiger charge is 2.32. The maximum absolute atomic E-state index is 13.4. The predicted molar refractivity (Wildman–Crippen MR) is 136 cm³/mol. The molecule has 0 spiro atoms. The Hall–Kier alpha value is -3.99. The van der Waals surface area contributed by atoms with Crippen LogP contribution in [0.1, 0.15) is 68.2 Å². The Morgan fingerprint density at radius 1 is 1.14 bits per heavy atom. The van der Waals surface area contributed by atoms with Crippen LogP contribution in [0.3, 0.4) is 0 Å². The Bertz CT molecular complexity index is 1670. The van der Waals surface area contributed by atoms with E-state index in [9.17, 15) is 19.2 Å². The van der Waals surface area contributed by atoms with E-state index in [0.29, 0.717) is 26.6 Å². The number of thiazole rings is 1. The third-order valence-electron chi connectivity index (χ3n) is 7.31. The third kappa shape index (κ3) is 3.19. The van der Waals surface area contributed by atoms with E-state index in [4.69, 9.17) is 10.7 Å². The Balaban J connectivity index is 1.46. The molecule has 3 amide bonds. The number of anilines is 1. The van der Waals surface area contributed by atoms with Gasteiger partial charge in [0.05, 0.1) is 27.8 Å². The van der Waals surface area contributed by atoms with E-state index in [1.807, 2.05) is 23.3 Å². The first-order valence-corrected chi connectivity index (χ1v) is 12.7. The summed E-state index contributed by atoms with van der Waals surface area (Å²) in [7, 11) is 1.88. The second-order valence-electron chi connectivity index (χ2n) is 9.40. The molecule has 0 unspecified atom stereocenters. The van der Waals surface area contributed by atoms with Crippen molar-refractivity contribution in [3.63, 3.8) is 0 Å². The zero-order chi connectivity index (χ0) is 25.3. The molecule has 1 aliphatic carbocycles. The highest BCUT2D eigenvalue weighted by atomic mass is 32.1. The molecule has 0 saturated heterocycles. The van der Waals surface area contributed by atoms with Crippen LogP contribution in [-0.2, 0) is 0 Å². The fraction of sp³-hybridized carbons (Fsp3) is 0.320. The van der Waals surface area contributed by atoms with E-state index < -0.39 is 17.4 Å². The second kappa shape index (κ2) is 8.02. The molecule has 3 aromatic heterocycles. The molecular weight excluding hydrogens is 480 g/mol. The zero-order valence-corrected chi connectivity index (χ0v) is 20.6. The number of pyridine rings is 1. The summed E-state index contributed by atoms with van der Waals surface area (Å²) in [6.07, 6.45) is 5.55. The van der Waals surface area contributed by atoms with Gasteiger partial charge in [-0.1, -0.05) is 30.6 Å². The van der Waals surface area contributed by atoms with Crippen molar-refractivity contribution in [1.29, 1.82) is 0 Å². The van der Waals surface area contributed by atoms with Crippen LogP contribution in [0.2, 0.25) is 0 Å². The van der Waals surface area contributed by atoms with Gasteiger partial charge in [0, 0.05) is 24.8 Å². The quantitative estimate of drug-likeness (QED) is 0.413. The molecule has 36 heavy (non-hydrogen) atoms. The fourth-order valence-electron chi connectivity index (χ4n) is 5.38. The molecule has 10 nitrogen and oxygen atoms in total. The number of hydrogen-bond donors (Lipinski definition) is 2. The van der Waals surface area contributed by atoms with E-state index in [1.54, 1.807) is 18.2 Å². The third-order valence-corrected chi connectivity index (χ3v) is 8.44. The first-order chi connectivity index (χ1) is 17.3. The lowest BCUT2D eigenvalue weighted by atomic mass is 9.94. The number of nitrogens with one attached hydrogen (secondary N) is 1. The molecule has 0 radical (unpaired) electrons. The second-order valence-corrected chi connectivity index (χ2v) is 10.4. The Labute approximate surface area is 209 Å². The van der Waals surface area contributed by atoms with Gasteiger partial charge in [-0.25, -0.2) is 4.98 Å². The molecular formula is C25H24N6O4S. The molecule has 1 fully saturated rings. The fourth-order valence-corrected chi connectivity index (χ4v) is 6.50. The molecule has 6 rings (SSSR count). The van der Waals surface area contributed by atoms with Gasteiger partial charge >= 0.3 is 0 Å². The number of nitrogen functional groups attached to an aromatic ring is 1. The summed E-state index contributed by atoms with van der Waals surface area (Å²) in [5.41, 5.74) is 8.27. The number of rotatable bonds is 3. The number of imidazole rings is 1. The molecule has 3 N–H and O–H groups in total. The number of nitrogens with two attached hydrogens (primary N) is 1. The Morgan fingerprint density at radius 3 is 2.64 bits per heavy atom. The van der Waals surface area contributed by atoms with Crippen LogP contribution in [0.5, 0.6) is 0 Å². The van der Waals surface area contributed by atoms with Crippen molar-refractivity contribution in [3.8, 4) is 5.69 Å². The number of imide groups is 1. The lowest BCUT2D eigenvalue weighted by Crippen LogP contribution is -2.38. The number of hydrogen-bond acceptors (Lipinski definition) is 7. The van der Waals surface area contributed by atoms with Gasteiger partial charge in [0.25, 0.3) is 23.3 Å². The average Bonchev–Trinajstić information content (AvgIpc) is 3.48. The number of carbonyl (C=O) groups excluding carboxylic acids is 3. The van der Waals surface area contributed by atoms with Crippen molar-refractivity contribution in [1.82, 2.24) is 24.2 Å². The van der Waals surface area contributed by atoms with E-state index in [1.165, 1.54) is 22.3 Å². The van der Waals surface area contributed by atoms with Crippen LogP contribution in [0, 0.1) is 6.92 Å². The lowest BCUT2D eigenvalue weighted by Gasteiger charge is -2.31. The van der Waals surface area contributed by atoms with Crippen LogP contribution in [-0.4, -0.2) is 49.7 Å². The normalized spacial score (nSPS) is 16.1. The van der Waals surface area contributed by atoms with Crippen LogP contribution in [0.15, 0.2) is 29.1 Å². The number of aromatic nitrogens is 3. The largest absolute Gasteiger partial charge is 0.384 e. The van der Waals surface area contributed by atoms with Crippen molar-refractivity contribution >= 4 is 50.9 Å². The minimum atomic E-state index is -0.636. The summed E-state index contributed by atoms with van der Waals surface area (Å²) in [4.78, 5) is 58.4. The van der Waals surface area contributed by atoms with E-state index >= 15 is 0 Å². The van der Waals surface area contributed by atoms with E-state index in [-0.39, 0.29) is 28.9 Å². The number of fused-ring (bicyclic) bond motifs is 4. The molecule has 4 heterocycles. The highest BCUT2D eigenvalue weighted by molar-refractivity contribution is 7.19. The SMILES string of the molecule is Cc1c(C(=O)N(C)C2CCCCC2)sc2nc3ccc(-n4c(N)c5c(cc4=O)C(=O)NC5=O)cc3n12. The summed E-state index contributed by atoms with van der Waals surface area (Å²) in [6, 6.07) is 6.59. The average molecular weight is 505 g/mol. The van der Waals surface area contributed by atoms with Crippen molar-refractivity contribution < 1.29 is 14.4 Å². The smallest absolute Gasteiger partial charge is 0.265 e. The highest BCUT2D eigenvalue weighted by Crippen LogP contribution is 2.32. The minimum absolute atomic E-state index is 0.00558. The number of carbonyl (C=O) groups is 3. The van der Waals surface area contributed by atoms with Crippen molar-refractivity contribution in [2.75, 3.05) is 12.8 Å². The number of aryl methyl sites for hydroxylation is 1. The molecule has 0 atom stereocenters. The Morgan fingerprint density at radius 2 is 1.89 bits per heavy atom. The maximum atomic E-state index is 13.4. The molecule has 1 aliphatic heterocycles. The molecule has 11 heteroatoms. The number of benzene rings is 1. The summed E-state index contributed by atoms with van der Waals surface area (Å²) in [5, 5.41) is 2.17. The molecule has 2 aliphatic rings. The van der Waals surface area contributed by atoms with Gasteiger partial charge in [0.15, 0.2) is 4.96 Å².